The normalized spacial score (nSPS) is 38.8. The van der Waals surface area contributed by atoms with Gasteiger partial charge in [-0.25, -0.2) is 4.98 Å². The van der Waals surface area contributed by atoms with Gasteiger partial charge in [0, 0.05) is 12.6 Å². The van der Waals surface area contributed by atoms with Gasteiger partial charge in [0.25, 0.3) is 0 Å². The van der Waals surface area contributed by atoms with Crippen molar-refractivity contribution in [3.8, 4) is 0 Å². The minimum Gasteiger partial charge on any atom is -0.307 e. The Balaban J connectivity index is 1.29. The number of fused-ring (bicyclic) bond motifs is 6. The van der Waals surface area contributed by atoms with E-state index in [1.165, 1.54) is 29.0 Å². The highest BCUT2D eigenvalue weighted by Gasteiger charge is 2.64. The van der Waals surface area contributed by atoms with Gasteiger partial charge >= 0.3 is 0 Å². The van der Waals surface area contributed by atoms with Gasteiger partial charge in [-0.3, -0.25) is 0 Å². The van der Waals surface area contributed by atoms with Crippen molar-refractivity contribution in [1.82, 2.24) is 10.3 Å². The average molecular weight is 270 g/mol. The molecule has 0 radical (unpaired) electrons. The van der Waals surface area contributed by atoms with Gasteiger partial charge in [0.05, 0.1) is 10.2 Å². The maximum absolute atomic E-state index is 4.72. The van der Waals surface area contributed by atoms with E-state index in [0.29, 0.717) is 0 Å². The van der Waals surface area contributed by atoms with Crippen LogP contribution >= 0.6 is 11.3 Å². The number of nitrogens with one attached hydrogen (secondary N) is 1. The first-order chi connectivity index (χ1) is 9.40. The Morgan fingerprint density at radius 1 is 1.16 bits per heavy atom. The third-order valence-electron chi connectivity index (χ3n) is 5.56. The number of aromatic nitrogens is 1. The van der Waals surface area contributed by atoms with Crippen LogP contribution < -0.4 is 5.32 Å². The average Bonchev–Trinajstić information content (AvgIpc) is 2.84. The van der Waals surface area contributed by atoms with Gasteiger partial charge in [-0.15, -0.1) is 11.3 Å². The Morgan fingerprint density at radius 3 is 2.74 bits per heavy atom. The summed E-state index contributed by atoms with van der Waals surface area (Å²) >= 11 is 1.84. The van der Waals surface area contributed by atoms with Crippen LogP contribution in [-0.4, -0.2) is 11.0 Å². The van der Waals surface area contributed by atoms with E-state index < -0.39 is 0 Å². The molecule has 98 valence electrons. The van der Waals surface area contributed by atoms with Gasteiger partial charge in [0.15, 0.2) is 0 Å². The topological polar surface area (TPSA) is 24.9 Å². The maximum Gasteiger partial charge on any atom is 0.108 e. The van der Waals surface area contributed by atoms with Crippen molar-refractivity contribution in [2.24, 2.45) is 23.7 Å². The summed E-state index contributed by atoms with van der Waals surface area (Å²) < 4.78 is 1.32. The van der Waals surface area contributed by atoms with Crippen LogP contribution in [0.3, 0.4) is 0 Å². The molecule has 2 nitrogen and oxygen atoms in total. The second-order valence-corrected chi connectivity index (χ2v) is 7.59. The van der Waals surface area contributed by atoms with Crippen LogP contribution in [0.4, 0.5) is 0 Å². The summed E-state index contributed by atoms with van der Waals surface area (Å²) in [6.07, 6.45) is 4.55. The van der Waals surface area contributed by atoms with Gasteiger partial charge < -0.3 is 5.32 Å². The molecule has 1 heterocycles. The fourth-order valence-corrected chi connectivity index (χ4v) is 5.72. The summed E-state index contributed by atoms with van der Waals surface area (Å²) in [5.41, 5.74) is 1.15. The first kappa shape index (κ1) is 10.8. The fourth-order valence-electron chi connectivity index (χ4n) is 4.80. The highest BCUT2D eigenvalue weighted by Crippen LogP contribution is 2.65. The SMILES string of the molecule is c1ccc2sc(CNC3C4C5CCC(C5)C34)nc2c1. The third-order valence-corrected chi connectivity index (χ3v) is 6.60. The Labute approximate surface area is 117 Å². The fraction of sp³-hybridized carbons (Fsp3) is 0.562. The van der Waals surface area contributed by atoms with Crippen LogP contribution in [0.25, 0.3) is 10.2 Å². The largest absolute Gasteiger partial charge is 0.307 e. The molecule has 3 fully saturated rings. The molecule has 4 unspecified atom stereocenters. The van der Waals surface area contributed by atoms with E-state index in [1.807, 2.05) is 11.3 Å². The molecule has 1 aromatic heterocycles. The van der Waals surface area contributed by atoms with Crippen LogP contribution in [0.1, 0.15) is 24.3 Å². The van der Waals surface area contributed by atoms with Crippen molar-refractivity contribution in [3.05, 3.63) is 29.3 Å². The molecule has 2 aromatic rings. The Hall–Kier alpha value is -0.930. The molecule has 0 saturated heterocycles. The number of rotatable bonds is 3. The summed E-state index contributed by atoms with van der Waals surface area (Å²) in [7, 11) is 0. The van der Waals surface area contributed by atoms with Crippen molar-refractivity contribution in [2.75, 3.05) is 0 Å². The zero-order valence-electron chi connectivity index (χ0n) is 10.9. The van der Waals surface area contributed by atoms with Gasteiger partial charge in [-0.05, 0) is 55.1 Å². The van der Waals surface area contributed by atoms with E-state index >= 15 is 0 Å². The molecule has 3 saturated carbocycles. The molecule has 2 bridgehead atoms. The Kier molecular flexibility index (Phi) is 2.16. The molecule has 5 rings (SSSR count). The van der Waals surface area contributed by atoms with Crippen LogP contribution in [0.15, 0.2) is 24.3 Å². The van der Waals surface area contributed by atoms with E-state index in [-0.39, 0.29) is 0 Å². The molecule has 3 aliphatic carbocycles. The quantitative estimate of drug-likeness (QED) is 0.924. The maximum atomic E-state index is 4.72. The summed E-state index contributed by atoms with van der Waals surface area (Å²) in [4.78, 5) is 4.72. The van der Waals surface area contributed by atoms with E-state index in [1.54, 1.807) is 0 Å². The number of para-hydroxylation sites is 1. The molecule has 1 N–H and O–H groups in total. The van der Waals surface area contributed by atoms with Crippen molar-refractivity contribution >= 4 is 21.6 Å². The van der Waals surface area contributed by atoms with Crippen molar-refractivity contribution in [3.63, 3.8) is 0 Å². The van der Waals surface area contributed by atoms with E-state index in [9.17, 15) is 0 Å². The lowest BCUT2D eigenvalue weighted by molar-refractivity contribution is 0.456. The van der Waals surface area contributed by atoms with Crippen molar-refractivity contribution < 1.29 is 0 Å². The van der Waals surface area contributed by atoms with E-state index in [4.69, 9.17) is 4.98 Å². The zero-order valence-corrected chi connectivity index (χ0v) is 11.7. The number of benzene rings is 1. The summed E-state index contributed by atoms with van der Waals surface area (Å²) in [6.45, 7) is 0.969. The van der Waals surface area contributed by atoms with E-state index in [2.05, 4.69) is 29.6 Å². The molecule has 0 spiro atoms. The predicted molar refractivity (Wildman–Crippen MR) is 78.1 cm³/mol. The number of thiazole rings is 1. The number of hydrogen-bond acceptors (Lipinski definition) is 3. The first-order valence-corrected chi connectivity index (χ1v) is 8.29. The molecule has 3 heteroatoms. The first-order valence-electron chi connectivity index (χ1n) is 7.48. The van der Waals surface area contributed by atoms with Crippen molar-refractivity contribution in [1.29, 1.82) is 0 Å². The monoisotopic (exact) mass is 270 g/mol. The summed E-state index contributed by atoms with van der Waals surface area (Å²) in [6, 6.07) is 9.27. The minimum absolute atomic E-state index is 0.818. The number of nitrogens with zero attached hydrogens (tertiary/aromatic N) is 1. The Bertz CT molecular complexity index is 585. The second-order valence-electron chi connectivity index (χ2n) is 6.47. The zero-order chi connectivity index (χ0) is 12.4. The van der Waals surface area contributed by atoms with Gasteiger partial charge in [-0.1, -0.05) is 12.1 Å². The minimum atomic E-state index is 0.818. The van der Waals surface area contributed by atoms with Gasteiger partial charge in [0.1, 0.15) is 5.01 Å². The predicted octanol–water partition coefficient (Wildman–Crippen LogP) is 3.43. The molecular formula is C16H18N2S. The van der Waals surface area contributed by atoms with Crippen LogP contribution in [-0.2, 0) is 6.54 Å². The van der Waals surface area contributed by atoms with Gasteiger partial charge in [0.2, 0.25) is 0 Å². The van der Waals surface area contributed by atoms with E-state index in [0.717, 1.165) is 41.8 Å². The standard InChI is InChI=1S/C16H18N2S/c1-2-4-12-11(3-1)18-13(19-12)8-17-16-14-9-5-6-10(7-9)15(14)16/h1-4,9-10,14-17H,5-8H2. The smallest absolute Gasteiger partial charge is 0.108 e. The molecular weight excluding hydrogens is 252 g/mol. The third kappa shape index (κ3) is 1.55. The number of hydrogen-bond donors (Lipinski definition) is 1. The van der Waals surface area contributed by atoms with Crippen LogP contribution in [0.5, 0.6) is 0 Å². The highest BCUT2D eigenvalue weighted by molar-refractivity contribution is 7.18. The summed E-state index contributed by atoms with van der Waals surface area (Å²) in [5.74, 6) is 4.16. The van der Waals surface area contributed by atoms with Gasteiger partial charge in [-0.2, -0.15) is 0 Å². The van der Waals surface area contributed by atoms with Crippen molar-refractivity contribution in [2.45, 2.75) is 31.8 Å². The molecule has 19 heavy (non-hydrogen) atoms. The highest BCUT2D eigenvalue weighted by atomic mass is 32.1. The van der Waals surface area contributed by atoms with Crippen LogP contribution in [0.2, 0.25) is 0 Å². The molecule has 1 aromatic carbocycles. The second kappa shape index (κ2) is 3.80. The summed E-state index contributed by atoms with van der Waals surface area (Å²) in [5, 5.41) is 5.03. The molecule has 4 atom stereocenters. The lowest BCUT2D eigenvalue weighted by Gasteiger charge is -2.08. The lowest BCUT2D eigenvalue weighted by Crippen LogP contribution is -2.22. The molecule has 0 amide bonds. The molecule has 0 aliphatic heterocycles. The van der Waals surface area contributed by atoms with Crippen LogP contribution in [0, 0.1) is 23.7 Å². The molecule has 3 aliphatic rings. The Morgan fingerprint density at radius 2 is 1.95 bits per heavy atom. The lowest BCUT2D eigenvalue weighted by atomic mass is 10.0.